The molecule has 0 heterocycles. The van der Waals surface area contributed by atoms with Gasteiger partial charge in [-0.2, -0.15) is 0 Å². The van der Waals surface area contributed by atoms with Crippen molar-refractivity contribution >= 4 is 27.7 Å². The van der Waals surface area contributed by atoms with E-state index in [2.05, 4.69) is 76.7 Å². The van der Waals surface area contributed by atoms with E-state index in [1.807, 2.05) is 17.8 Å². The lowest BCUT2D eigenvalue weighted by Crippen LogP contribution is -2.22. The van der Waals surface area contributed by atoms with Gasteiger partial charge < -0.3 is 5.32 Å². The number of thioether (sulfide) groups is 1. The van der Waals surface area contributed by atoms with Crippen LogP contribution < -0.4 is 5.32 Å². The minimum Gasteiger partial charge on any atom is -0.309 e. The van der Waals surface area contributed by atoms with E-state index in [-0.39, 0.29) is 0 Å². The monoisotopic (exact) mass is 335 g/mol. The van der Waals surface area contributed by atoms with Crippen molar-refractivity contribution in [3.8, 4) is 0 Å². The van der Waals surface area contributed by atoms with Crippen molar-refractivity contribution in [1.82, 2.24) is 5.32 Å². The fourth-order valence-electron chi connectivity index (χ4n) is 1.94. The minimum atomic E-state index is 0.392. The molecule has 0 aliphatic rings. The lowest BCUT2D eigenvalue weighted by atomic mass is 10.1. The second kappa shape index (κ2) is 7.73. The van der Waals surface area contributed by atoms with Gasteiger partial charge in [0.05, 0.1) is 0 Å². The van der Waals surface area contributed by atoms with Crippen LogP contribution >= 0.6 is 27.7 Å². The molecule has 0 radical (unpaired) electrons. The summed E-state index contributed by atoms with van der Waals surface area (Å²) >= 11 is 5.48. The highest BCUT2D eigenvalue weighted by molar-refractivity contribution is 9.10. The molecule has 0 aliphatic carbocycles. The third-order valence-electron chi connectivity index (χ3n) is 2.89. The Hall–Kier alpha value is -0.770. The summed E-state index contributed by atoms with van der Waals surface area (Å²) in [7, 11) is 0. The zero-order valence-electron chi connectivity index (χ0n) is 11.0. The maximum atomic E-state index is 3.60. The Balaban J connectivity index is 2.04. The second-order valence-electron chi connectivity index (χ2n) is 4.26. The normalized spacial score (nSPS) is 12.3. The molecule has 19 heavy (non-hydrogen) atoms. The van der Waals surface area contributed by atoms with Crippen LogP contribution in [0.1, 0.15) is 18.5 Å². The van der Waals surface area contributed by atoms with Crippen molar-refractivity contribution in [2.24, 2.45) is 0 Å². The van der Waals surface area contributed by atoms with Crippen molar-refractivity contribution in [3.63, 3.8) is 0 Å². The summed E-state index contributed by atoms with van der Waals surface area (Å²) in [6.07, 6.45) is 0. The van der Waals surface area contributed by atoms with E-state index in [1.165, 1.54) is 14.9 Å². The summed E-state index contributed by atoms with van der Waals surface area (Å²) in [6.45, 7) is 3.13. The van der Waals surface area contributed by atoms with E-state index in [0.717, 1.165) is 12.3 Å². The Bertz CT molecular complexity index is 501. The summed E-state index contributed by atoms with van der Waals surface area (Å²) in [5.74, 6) is 1.03. The topological polar surface area (TPSA) is 12.0 Å². The molecule has 1 N–H and O–H groups in total. The van der Waals surface area contributed by atoms with E-state index in [1.54, 1.807) is 0 Å². The average Bonchev–Trinajstić information content (AvgIpc) is 2.46. The van der Waals surface area contributed by atoms with Crippen molar-refractivity contribution in [1.29, 1.82) is 0 Å². The molecule has 100 valence electrons. The Labute approximate surface area is 127 Å². The molecule has 0 saturated heterocycles. The molecule has 1 unspecified atom stereocenters. The van der Waals surface area contributed by atoms with E-state index >= 15 is 0 Å². The number of halogens is 1. The Kier molecular flexibility index (Phi) is 5.95. The minimum absolute atomic E-state index is 0.392. The van der Waals surface area contributed by atoms with Gasteiger partial charge in [0, 0.05) is 21.2 Å². The largest absolute Gasteiger partial charge is 0.309 e. The third kappa shape index (κ3) is 4.37. The third-order valence-corrected chi connectivity index (χ3v) is 5.02. The molecule has 0 spiro atoms. The first-order valence-corrected chi connectivity index (χ1v) is 8.24. The van der Waals surface area contributed by atoms with Gasteiger partial charge in [-0.15, -0.1) is 11.8 Å². The van der Waals surface area contributed by atoms with Crippen LogP contribution in [-0.4, -0.2) is 12.3 Å². The first-order chi connectivity index (χ1) is 9.31. The van der Waals surface area contributed by atoms with Gasteiger partial charge in [-0.3, -0.25) is 0 Å². The van der Waals surface area contributed by atoms with Gasteiger partial charge in [0.1, 0.15) is 0 Å². The summed E-state index contributed by atoms with van der Waals surface area (Å²) in [6, 6.07) is 19.4. The summed E-state index contributed by atoms with van der Waals surface area (Å²) < 4.78 is 1.17. The van der Waals surface area contributed by atoms with Crippen LogP contribution in [0.2, 0.25) is 0 Å². The Morgan fingerprint density at radius 3 is 2.42 bits per heavy atom. The van der Waals surface area contributed by atoms with Gasteiger partial charge in [0.2, 0.25) is 0 Å². The van der Waals surface area contributed by atoms with Crippen LogP contribution in [0.4, 0.5) is 0 Å². The van der Waals surface area contributed by atoms with Gasteiger partial charge in [0.15, 0.2) is 0 Å². The van der Waals surface area contributed by atoms with Gasteiger partial charge in [-0.05, 0) is 40.2 Å². The molecule has 2 rings (SSSR count). The van der Waals surface area contributed by atoms with Gasteiger partial charge >= 0.3 is 0 Å². The highest BCUT2D eigenvalue weighted by Gasteiger charge is 2.11. The van der Waals surface area contributed by atoms with Crippen molar-refractivity contribution in [3.05, 3.63) is 64.6 Å². The number of nitrogens with one attached hydrogen (secondary N) is 1. The van der Waals surface area contributed by atoms with Crippen LogP contribution in [0.5, 0.6) is 0 Å². The van der Waals surface area contributed by atoms with Crippen molar-refractivity contribution in [2.45, 2.75) is 17.9 Å². The molecule has 0 amide bonds. The number of hydrogen-bond acceptors (Lipinski definition) is 2. The fraction of sp³-hybridized carbons (Fsp3) is 0.250. The lowest BCUT2D eigenvalue weighted by molar-refractivity contribution is 0.606. The number of benzene rings is 2. The molecule has 1 atom stereocenters. The summed E-state index contributed by atoms with van der Waals surface area (Å²) in [5, 5.41) is 3.55. The molecule has 0 fully saturated rings. The fourth-order valence-corrected chi connectivity index (χ4v) is 3.61. The lowest BCUT2D eigenvalue weighted by Gasteiger charge is -2.18. The molecule has 0 aliphatic heterocycles. The average molecular weight is 336 g/mol. The Morgan fingerprint density at radius 1 is 1.05 bits per heavy atom. The molecule has 3 heteroatoms. The maximum Gasteiger partial charge on any atom is 0.0415 e. The second-order valence-corrected chi connectivity index (χ2v) is 6.18. The smallest absolute Gasteiger partial charge is 0.0415 e. The van der Waals surface area contributed by atoms with Gasteiger partial charge in [-0.25, -0.2) is 0 Å². The van der Waals surface area contributed by atoms with Crippen LogP contribution in [-0.2, 0) is 0 Å². The maximum absolute atomic E-state index is 3.60. The van der Waals surface area contributed by atoms with E-state index in [4.69, 9.17) is 0 Å². The molecule has 2 aromatic carbocycles. The summed E-state index contributed by atoms with van der Waals surface area (Å²) in [5.41, 5.74) is 1.35. The zero-order chi connectivity index (χ0) is 13.5. The standard InChI is InChI=1S/C16H18BrNS/c1-2-18-15(13-8-4-3-5-9-13)12-19-16-11-7-6-10-14(16)17/h3-11,15,18H,2,12H2,1H3. The Morgan fingerprint density at radius 2 is 1.74 bits per heavy atom. The van der Waals surface area contributed by atoms with Crippen LogP contribution in [0.3, 0.4) is 0 Å². The van der Waals surface area contributed by atoms with Crippen molar-refractivity contribution in [2.75, 3.05) is 12.3 Å². The van der Waals surface area contributed by atoms with Crippen LogP contribution in [0.25, 0.3) is 0 Å². The molecule has 1 nitrogen and oxygen atoms in total. The molecule has 0 saturated carbocycles. The van der Waals surface area contributed by atoms with Crippen molar-refractivity contribution < 1.29 is 0 Å². The zero-order valence-corrected chi connectivity index (χ0v) is 13.4. The van der Waals surface area contributed by atoms with E-state index < -0.39 is 0 Å². The number of hydrogen-bond donors (Lipinski definition) is 1. The van der Waals surface area contributed by atoms with Gasteiger partial charge in [-0.1, -0.05) is 49.4 Å². The predicted octanol–water partition coefficient (Wildman–Crippen LogP) is 4.89. The molecular weight excluding hydrogens is 318 g/mol. The first-order valence-electron chi connectivity index (χ1n) is 6.47. The quantitative estimate of drug-likeness (QED) is 0.754. The highest BCUT2D eigenvalue weighted by atomic mass is 79.9. The van der Waals surface area contributed by atoms with E-state index in [9.17, 15) is 0 Å². The highest BCUT2D eigenvalue weighted by Crippen LogP contribution is 2.30. The molecule has 0 aromatic heterocycles. The number of rotatable bonds is 6. The molecule has 0 bridgehead atoms. The predicted molar refractivity (Wildman–Crippen MR) is 87.7 cm³/mol. The van der Waals surface area contributed by atoms with Gasteiger partial charge in [0.25, 0.3) is 0 Å². The van der Waals surface area contributed by atoms with Crippen LogP contribution in [0.15, 0.2) is 64.0 Å². The molecule has 2 aromatic rings. The SMILES string of the molecule is CCNC(CSc1ccccc1Br)c1ccccc1. The van der Waals surface area contributed by atoms with E-state index in [0.29, 0.717) is 6.04 Å². The molecular formula is C16H18BrNS. The van der Waals surface area contributed by atoms with Crippen LogP contribution in [0, 0.1) is 0 Å². The summed E-state index contributed by atoms with van der Waals surface area (Å²) in [4.78, 5) is 1.29. The first kappa shape index (κ1) is 14.6.